The first-order chi connectivity index (χ1) is 10.1. The Labute approximate surface area is 122 Å². The van der Waals surface area contributed by atoms with Crippen LogP contribution in [0.3, 0.4) is 0 Å². The highest BCUT2D eigenvalue weighted by Gasteiger charge is 2.05. The standard InChI is InChI=1S/C17H14F2O2/c1-12-9-16(6-4-13(12)3-2-8-20)21-11-14-10-15(18)5-7-17(14)19/h4-7,9-10,20H,8,11H2,1H3. The maximum absolute atomic E-state index is 13.5. The van der Waals surface area contributed by atoms with Crippen LogP contribution in [0.25, 0.3) is 0 Å². The first kappa shape index (κ1) is 15.0. The van der Waals surface area contributed by atoms with Crippen molar-refractivity contribution < 1.29 is 18.6 Å². The fourth-order valence-corrected chi connectivity index (χ4v) is 1.82. The summed E-state index contributed by atoms with van der Waals surface area (Å²) in [4.78, 5) is 0. The fourth-order valence-electron chi connectivity index (χ4n) is 1.82. The van der Waals surface area contributed by atoms with E-state index in [1.54, 1.807) is 18.2 Å². The zero-order valence-electron chi connectivity index (χ0n) is 11.5. The molecule has 0 atom stereocenters. The molecule has 0 fully saturated rings. The van der Waals surface area contributed by atoms with Crippen LogP contribution in [0.4, 0.5) is 8.78 Å². The second-order valence-corrected chi connectivity index (χ2v) is 4.46. The molecule has 2 rings (SSSR count). The third-order valence-corrected chi connectivity index (χ3v) is 2.90. The van der Waals surface area contributed by atoms with Gasteiger partial charge in [0.25, 0.3) is 0 Å². The highest BCUT2D eigenvalue weighted by molar-refractivity contribution is 5.44. The zero-order chi connectivity index (χ0) is 15.2. The van der Waals surface area contributed by atoms with Gasteiger partial charge < -0.3 is 9.84 Å². The van der Waals surface area contributed by atoms with Gasteiger partial charge in [-0.2, -0.15) is 0 Å². The van der Waals surface area contributed by atoms with Crippen LogP contribution in [-0.4, -0.2) is 11.7 Å². The van der Waals surface area contributed by atoms with E-state index in [4.69, 9.17) is 9.84 Å². The van der Waals surface area contributed by atoms with Gasteiger partial charge in [-0.1, -0.05) is 11.8 Å². The van der Waals surface area contributed by atoms with Gasteiger partial charge in [0.05, 0.1) is 0 Å². The zero-order valence-corrected chi connectivity index (χ0v) is 11.5. The van der Waals surface area contributed by atoms with Gasteiger partial charge in [-0.15, -0.1) is 0 Å². The number of hydrogen-bond acceptors (Lipinski definition) is 2. The minimum absolute atomic E-state index is 0.0509. The van der Waals surface area contributed by atoms with Crippen molar-refractivity contribution >= 4 is 0 Å². The van der Waals surface area contributed by atoms with Crippen LogP contribution in [0, 0.1) is 30.4 Å². The molecule has 1 N–H and O–H groups in total. The van der Waals surface area contributed by atoms with Crippen LogP contribution in [0.5, 0.6) is 5.75 Å². The average Bonchev–Trinajstić information content (AvgIpc) is 2.47. The molecular weight excluding hydrogens is 274 g/mol. The van der Waals surface area contributed by atoms with E-state index in [-0.39, 0.29) is 18.8 Å². The van der Waals surface area contributed by atoms with Gasteiger partial charge in [0.1, 0.15) is 30.6 Å². The molecule has 21 heavy (non-hydrogen) atoms. The lowest BCUT2D eigenvalue weighted by Crippen LogP contribution is -1.99. The molecule has 108 valence electrons. The van der Waals surface area contributed by atoms with Gasteiger partial charge in [0.2, 0.25) is 0 Å². The molecule has 2 aromatic rings. The molecule has 0 aromatic heterocycles. The van der Waals surface area contributed by atoms with Gasteiger partial charge in [0, 0.05) is 11.1 Å². The number of aliphatic hydroxyl groups is 1. The minimum Gasteiger partial charge on any atom is -0.489 e. The number of hydrogen-bond donors (Lipinski definition) is 1. The number of aliphatic hydroxyl groups excluding tert-OH is 1. The van der Waals surface area contributed by atoms with E-state index in [0.29, 0.717) is 5.75 Å². The third kappa shape index (κ3) is 4.04. The predicted molar refractivity (Wildman–Crippen MR) is 75.8 cm³/mol. The second kappa shape index (κ2) is 6.87. The van der Waals surface area contributed by atoms with Crippen LogP contribution in [0.1, 0.15) is 16.7 Å². The van der Waals surface area contributed by atoms with Crippen molar-refractivity contribution in [3.05, 3.63) is 64.7 Å². The van der Waals surface area contributed by atoms with E-state index in [1.165, 1.54) is 0 Å². The molecule has 0 amide bonds. The fraction of sp³-hybridized carbons (Fsp3) is 0.176. The minimum atomic E-state index is -0.501. The number of rotatable bonds is 3. The monoisotopic (exact) mass is 288 g/mol. The average molecular weight is 288 g/mol. The molecule has 0 saturated heterocycles. The normalized spacial score (nSPS) is 9.90. The third-order valence-electron chi connectivity index (χ3n) is 2.90. The Morgan fingerprint density at radius 3 is 2.67 bits per heavy atom. The number of benzene rings is 2. The summed E-state index contributed by atoms with van der Waals surface area (Å²) >= 11 is 0. The second-order valence-electron chi connectivity index (χ2n) is 4.46. The molecule has 0 unspecified atom stereocenters. The topological polar surface area (TPSA) is 29.5 Å². The molecule has 0 aliphatic rings. The summed E-state index contributed by atoms with van der Waals surface area (Å²) in [5.74, 6) is 4.93. The molecular formula is C17H14F2O2. The summed E-state index contributed by atoms with van der Waals surface area (Å²) in [6, 6.07) is 8.48. The first-order valence-corrected chi connectivity index (χ1v) is 6.37. The molecule has 0 radical (unpaired) electrons. The predicted octanol–water partition coefficient (Wildman–Crippen LogP) is 3.20. The van der Waals surface area contributed by atoms with Crippen LogP contribution in [0.15, 0.2) is 36.4 Å². The Morgan fingerprint density at radius 1 is 1.14 bits per heavy atom. The van der Waals surface area contributed by atoms with Crippen LogP contribution >= 0.6 is 0 Å². The lowest BCUT2D eigenvalue weighted by molar-refractivity contribution is 0.299. The summed E-state index contributed by atoms with van der Waals surface area (Å²) in [7, 11) is 0. The maximum atomic E-state index is 13.5. The van der Waals surface area contributed by atoms with Gasteiger partial charge in [-0.05, 0) is 48.9 Å². The van der Waals surface area contributed by atoms with Crippen molar-refractivity contribution in [3.8, 4) is 17.6 Å². The Balaban J connectivity index is 2.10. The number of ether oxygens (including phenoxy) is 1. The van der Waals surface area contributed by atoms with Gasteiger partial charge in [-0.25, -0.2) is 8.78 Å². The van der Waals surface area contributed by atoms with Crippen molar-refractivity contribution in [1.82, 2.24) is 0 Å². The van der Waals surface area contributed by atoms with Crippen LogP contribution < -0.4 is 4.74 Å². The van der Waals surface area contributed by atoms with Gasteiger partial charge in [-0.3, -0.25) is 0 Å². The van der Waals surface area contributed by atoms with E-state index in [0.717, 1.165) is 29.3 Å². The lowest BCUT2D eigenvalue weighted by Gasteiger charge is -2.09. The largest absolute Gasteiger partial charge is 0.489 e. The smallest absolute Gasteiger partial charge is 0.130 e. The molecule has 0 aliphatic heterocycles. The molecule has 4 heteroatoms. The van der Waals surface area contributed by atoms with Crippen LogP contribution in [-0.2, 0) is 6.61 Å². The number of aryl methyl sites for hydroxylation is 1. The molecule has 0 aliphatic carbocycles. The van der Waals surface area contributed by atoms with Crippen molar-refractivity contribution in [1.29, 1.82) is 0 Å². The first-order valence-electron chi connectivity index (χ1n) is 6.37. The summed E-state index contributed by atoms with van der Waals surface area (Å²) in [6.45, 7) is 1.61. The van der Waals surface area contributed by atoms with Gasteiger partial charge >= 0.3 is 0 Å². The maximum Gasteiger partial charge on any atom is 0.130 e. The quantitative estimate of drug-likeness (QED) is 0.879. The lowest BCUT2D eigenvalue weighted by atomic mass is 10.1. The summed E-state index contributed by atoms with van der Waals surface area (Å²) < 4.78 is 32.0. The SMILES string of the molecule is Cc1cc(OCc2cc(F)ccc2F)ccc1C#CCO. The molecule has 0 saturated carbocycles. The molecule has 0 heterocycles. The van der Waals surface area contributed by atoms with Gasteiger partial charge in [0.15, 0.2) is 0 Å². The molecule has 0 bridgehead atoms. The Morgan fingerprint density at radius 2 is 1.95 bits per heavy atom. The van der Waals surface area contributed by atoms with E-state index in [2.05, 4.69) is 11.8 Å². The molecule has 0 spiro atoms. The Hall–Kier alpha value is -2.38. The highest BCUT2D eigenvalue weighted by atomic mass is 19.1. The Bertz CT molecular complexity index is 700. The van der Waals surface area contributed by atoms with Crippen molar-refractivity contribution in [2.75, 3.05) is 6.61 Å². The highest BCUT2D eigenvalue weighted by Crippen LogP contribution is 2.19. The van der Waals surface area contributed by atoms with E-state index < -0.39 is 11.6 Å². The summed E-state index contributed by atoms with van der Waals surface area (Å²) in [5.41, 5.74) is 1.83. The number of halogens is 2. The van der Waals surface area contributed by atoms with Crippen molar-refractivity contribution in [2.24, 2.45) is 0 Å². The molecule has 2 nitrogen and oxygen atoms in total. The molecule has 2 aromatic carbocycles. The van der Waals surface area contributed by atoms with E-state index in [9.17, 15) is 8.78 Å². The summed E-state index contributed by atoms with van der Waals surface area (Å²) in [5, 5.41) is 8.67. The van der Waals surface area contributed by atoms with Crippen molar-refractivity contribution in [2.45, 2.75) is 13.5 Å². The summed E-state index contributed by atoms with van der Waals surface area (Å²) in [6.07, 6.45) is 0. The van der Waals surface area contributed by atoms with Crippen molar-refractivity contribution in [3.63, 3.8) is 0 Å². The Kier molecular flexibility index (Phi) is 4.91. The van der Waals surface area contributed by atoms with Crippen LogP contribution in [0.2, 0.25) is 0 Å². The van der Waals surface area contributed by atoms with E-state index >= 15 is 0 Å². The van der Waals surface area contributed by atoms with E-state index in [1.807, 2.05) is 6.92 Å².